The third-order valence-electron chi connectivity index (χ3n) is 2.98. The second kappa shape index (κ2) is 7.77. The van der Waals surface area contributed by atoms with Gasteiger partial charge in [-0.3, -0.25) is 4.79 Å². The number of benzene rings is 1. The Balaban J connectivity index is 2.36. The van der Waals surface area contributed by atoms with Crippen molar-refractivity contribution < 1.29 is 14.4 Å². The van der Waals surface area contributed by atoms with Gasteiger partial charge in [-0.25, -0.2) is 9.97 Å². The summed E-state index contributed by atoms with van der Waals surface area (Å²) in [6.45, 7) is 1.43. The highest BCUT2D eigenvalue weighted by molar-refractivity contribution is 5.93. The number of hydrogen-bond donors (Lipinski definition) is 3. The van der Waals surface area contributed by atoms with E-state index in [-0.39, 0.29) is 11.7 Å². The fraction of sp³-hybridized carbons (Fsp3) is 0.200. The quantitative estimate of drug-likeness (QED) is 0.544. The minimum atomic E-state index is -0.167. The van der Waals surface area contributed by atoms with Crippen LogP contribution < -0.4 is 21.1 Å². The zero-order valence-electron chi connectivity index (χ0n) is 13.5. The first kappa shape index (κ1) is 17.0. The van der Waals surface area contributed by atoms with E-state index in [2.05, 4.69) is 30.6 Å². The number of nitrogen functional groups attached to an aromatic ring is 1. The van der Waals surface area contributed by atoms with Gasteiger partial charge in [-0.1, -0.05) is 5.16 Å². The van der Waals surface area contributed by atoms with Crippen molar-refractivity contribution >= 4 is 35.1 Å². The summed E-state index contributed by atoms with van der Waals surface area (Å²) >= 11 is 0. The van der Waals surface area contributed by atoms with Gasteiger partial charge in [0.2, 0.25) is 5.91 Å². The maximum Gasteiger partial charge on any atom is 0.221 e. The maximum absolute atomic E-state index is 11.1. The molecule has 0 unspecified atom stereocenters. The zero-order chi connectivity index (χ0) is 17.5. The summed E-state index contributed by atoms with van der Waals surface area (Å²) in [5, 5.41) is 9.49. The van der Waals surface area contributed by atoms with Crippen molar-refractivity contribution in [2.24, 2.45) is 5.16 Å². The molecule has 0 fully saturated rings. The molecule has 9 nitrogen and oxygen atoms in total. The van der Waals surface area contributed by atoms with E-state index in [1.54, 1.807) is 18.2 Å². The molecule has 1 aromatic heterocycles. The zero-order valence-corrected chi connectivity index (χ0v) is 13.5. The molecule has 0 radical (unpaired) electrons. The van der Waals surface area contributed by atoms with Crippen molar-refractivity contribution in [3.05, 3.63) is 30.1 Å². The molecule has 2 rings (SSSR count). The number of nitrogens with one attached hydrogen (secondary N) is 2. The number of carbonyl (C=O) groups excluding carboxylic acids is 1. The normalized spacial score (nSPS) is 10.5. The van der Waals surface area contributed by atoms with Gasteiger partial charge in [0.05, 0.1) is 24.6 Å². The highest BCUT2D eigenvalue weighted by Gasteiger charge is 2.11. The number of nitrogens with two attached hydrogens (primary N) is 1. The molecule has 1 amide bonds. The molecule has 2 aromatic rings. The molecule has 24 heavy (non-hydrogen) atoms. The van der Waals surface area contributed by atoms with E-state index in [0.717, 1.165) is 0 Å². The second-order valence-corrected chi connectivity index (χ2v) is 4.66. The van der Waals surface area contributed by atoms with Crippen LogP contribution >= 0.6 is 0 Å². The highest BCUT2D eigenvalue weighted by Crippen LogP contribution is 2.31. The summed E-state index contributed by atoms with van der Waals surface area (Å²) in [7, 11) is 2.95. The van der Waals surface area contributed by atoms with E-state index >= 15 is 0 Å². The van der Waals surface area contributed by atoms with Gasteiger partial charge in [-0.15, -0.1) is 0 Å². The van der Waals surface area contributed by atoms with E-state index in [1.165, 1.54) is 33.7 Å². The number of nitrogens with zero attached hydrogens (tertiary/aromatic N) is 3. The van der Waals surface area contributed by atoms with Crippen LogP contribution in [-0.2, 0) is 9.63 Å². The predicted octanol–water partition coefficient (Wildman–Crippen LogP) is 1.75. The summed E-state index contributed by atoms with van der Waals surface area (Å²) < 4.78 is 5.34. The molecule has 0 saturated carbocycles. The lowest BCUT2D eigenvalue weighted by molar-refractivity contribution is -0.114. The van der Waals surface area contributed by atoms with Crippen LogP contribution in [0.5, 0.6) is 5.75 Å². The van der Waals surface area contributed by atoms with Crippen LogP contribution in [0.3, 0.4) is 0 Å². The summed E-state index contributed by atoms with van der Waals surface area (Å²) in [5.41, 5.74) is 7.58. The van der Waals surface area contributed by atoms with Crippen LogP contribution in [0.25, 0.3) is 0 Å². The van der Waals surface area contributed by atoms with Gasteiger partial charge in [0.15, 0.2) is 0 Å². The molecule has 0 aliphatic rings. The molecule has 0 atom stereocenters. The van der Waals surface area contributed by atoms with Crippen molar-refractivity contribution in [3.63, 3.8) is 0 Å². The summed E-state index contributed by atoms with van der Waals surface area (Å²) in [6, 6.07) is 5.18. The van der Waals surface area contributed by atoms with Gasteiger partial charge in [-0.05, 0) is 12.1 Å². The Labute approximate surface area is 138 Å². The van der Waals surface area contributed by atoms with Crippen LogP contribution in [0.4, 0.5) is 23.0 Å². The minimum Gasteiger partial charge on any atom is -0.494 e. The van der Waals surface area contributed by atoms with E-state index in [9.17, 15) is 4.79 Å². The molecular weight excluding hydrogens is 312 g/mol. The first-order valence-electron chi connectivity index (χ1n) is 6.94. The fourth-order valence-electron chi connectivity index (χ4n) is 1.94. The van der Waals surface area contributed by atoms with E-state index < -0.39 is 0 Å². The third-order valence-corrected chi connectivity index (χ3v) is 2.98. The largest absolute Gasteiger partial charge is 0.494 e. The Morgan fingerprint density at radius 3 is 2.79 bits per heavy atom. The van der Waals surface area contributed by atoms with Gasteiger partial charge in [-0.2, -0.15) is 0 Å². The maximum atomic E-state index is 11.1. The van der Waals surface area contributed by atoms with Gasteiger partial charge in [0, 0.05) is 18.7 Å². The molecule has 0 bridgehead atoms. The number of methoxy groups -OCH3 is 1. The number of rotatable bonds is 6. The Morgan fingerprint density at radius 1 is 1.33 bits per heavy atom. The average molecular weight is 330 g/mol. The van der Waals surface area contributed by atoms with E-state index in [0.29, 0.717) is 28.5 Å². The number of carbonyl (C=O) groups is 1. The topological polar surface area (TPSA) is 124 Å². The third kappa shape index (κ3) is 4.09. The van der Waals surface area contributed by atoms with Crippen molar-refractivity contribution in [2.75, 3.05) is 30.6 Å². The first-order valence-corrected chi connectivity index (χ1v) is 6.94. The van der Waals surface area contributed by atoms with Gasteiger partial charge in [0.1, 0.15) is 30.8 Å². The van der Waals surface area contributed by atoms with Crippen LogP contribution in [0.1, 0.15) is 12.5 Å². The molecule has 1 aromatic carbocycles. The lowest BCUT2D eigenvalue weighted by Crippen LogP contribution is -2.07. The lowest BCUT2D eigenvalue weighted by atomic mass is 10.2. The first-order chi connectivity index (χ1) is 11.5. The van der Waals surface area contributed by atoms with Gasteiger partial charge < -0.3 is 25.9 Å². The SMILES string of the molecule is CON=Cc1c(N)ncnc1Nc1ccc(NC(C)=O)cc1OC. The standard InChI is InChI=1S/C15H18N6O3/c1-9(22)20-10-4-5-12(13(6-10)23-2)21-15-11(7-19-24-3)14(16)17-8-18-15/h4-8H,1-3H3,(H,20,22)(H3,16,17,18,21). The molecule has 4 N–H and O–H groups in total. The molecule has 126 valence electrons. The molecule has 1 heterocycles. The Bertz CT molecular complexity index is 763. The van der Waals surface area contributed by atoms with Crippen molar-refractivity contribution in [1.82, 2.24) is 9.97 Å². The van der Waals surface area contributed by atoms with Crippen LogP contribution in [0, 0.1) is 0 Å². The fourth-order valence-corrected chi connectivity index (χ4v) is 1.94. The number of oxime groups is 1. The summed E-state index contributed by atoms with van der Waals surface area (Å²) in [4.78, 5) is 23.9. The molecule has 0 aliphatic heterocycles. The average Bonchev–Trinajstić information content (AvgIpc) is 2.55. The minimum absolute atomic E-state index is 0.167. The van der Waals surface area contributed by atoms with Crippen molar-refractivity contribution in [3.8, 4) is 5.75 Å². The van der Waals surface area contributed by atoms with E-state index in [1.807, 2.05) is 0 Å². The monoisotopic (exact) mass is 330 g/mol. The van der Waals surface area contributed by atoms with Crippen LogP contribution in [0.15, 0.2) is 29.7 Å². The number of hydrogen-bond acceptors (Lipinski definition) is 8. The Morgan fingerprint density at radius 2 is 2.12 bits per heavy atom. The summed E-state index contributed by atoms with van der Waals surface area (Å²) in [5.74, 6) is 1.04. The Hall–Kier alpha value is -3.36. The second-order valence-electron chi connectivity index (χ2n) is 4.66. The van der Waals surface area contributed by atoms with Crippen LogP contribution in [-0.4, -0.2) is 36.3 Å². The number of aromatic nitrogens is 2. The number of ether oxygens (including phenoxy) is 1. The molecular formula is C15H18N6O3. The highest BCUT2D eigenvalue weighted by atomic mass is 16.6. The summed E-state index contributed by atoms with van der Waals surface area (Å²) in [6.07, 6.45) is 2.75. The lowest BCUT2D eigenvalue weighted by Gasteiger charge is -2.14. The Kier molecular flexibility index (Phi) is 5.50. The smallest absolute Gasteiger partial charge is 0.221 e. The van der Waals surface area contributed by atoms with Crippen LogP contribution in [0.2, 0.25) is 0 Å². The number of anilines is 4. The molecule has 0 aliphatic carbocycles. The van der Waals surface area contributed by atoms with E-state index in [4.69, 9.17) is 10.5 Å². The number of amides is 1. The predicted molar refractivity (Wildman–Crippen MR) is 91.6 cm³/mol. The molecule has 9 heteroatoms. The molecule has 0 saturated heterocycles. The van der Waals surface area contributed by atoms with Crippen molar-refractivity contribution in [1.29, 1.82) is 0 Å². The van der Waals surface area contributed by atoms with Crippen molar-refractivity contribution in [2.45, 2.75) is 6.92 Å². The molecule has 0 spiro atoms. The van der Waals surface area contributed by atoms with Gasteiger partial charge >= 0.3 is 0 Å². The van der Waals surface area contributed by atoms with Gasteiger partial charge in [0.25, 0.3) is 0 Å².